The summed E-state index contributed by atoms with van der Waals surface area (Å²) in [4.78, 5) is 4.51. The van der Waals surface area contributed by atoms with Gasteiger partial charge in [-0.3, -0.25) is 4.99 Å². The van der Waals surface area contributed by atoms with Crippen LogP contribution in [0.15, 0.2) is 29.3 Å². The second-order valence-corrected chi connectivity index (χ2v) is 4.55. The SMILES string of the molecule is COCCN=C(NN)C1CCCc2ccccc21. The number of hydrazine groups is 1. The molecule has 1 aromatic rings. The fourth-order valence-corrected chi connectivity index (χ4v) is 2.55. The Balaban J connectivity index is 2.19. The molecule has 0 aromatic heterocycles. The number of amidine groups is 1. The van der Waals surface area contributed by atoms with Crippen LogP contribution in [0.4, 0.5) is 0 Å². The highest BCUT2D eigenvalue weighted by Crippen LogP contribution is 2.31. The van der Waals surface area contributed by atoms with E-state index < -0.39 is 0 Å². The summed E-state index contributed by atoms with van der Waals surface area (Å²) >= 11 is 0. The number of hydrogen-bond donors (Lipinski definition) is 2. The van der Waals surface area contributed by atoms with Gasteiger partial charge in [-0.15, -0.1) is 0 Å². The lowest BCUT2D eigenvalue weighted by atomic mass is 9.82. The number of methoxy groups -OCH3 is 1. The second-order valence-electron chi connectivity index (χ2n) is 4.55. The highest BCUT2D eigenvalue weighted by Gasteiger charge is 2.23. The van der Waals surface area contributed by atoms with E-state index in [1.807, 2.05) is 0 Å². The summed E-state index contributed by atoms with van der Waals surface area (Å²) in [5, 5.41) is 0. The van der Waals surface area contributed by atoms with E-state index in [4.69, 9.17) is 10.6 Å². The molecule has 98 valence electrons. The smallest absolute Gasteiger partial charge is 0.118 e. The Morgan fingerprint density at radius 2 is 2.33 bits per heavy atom. The molecule has 0 fully saturated rings. The average Bonchev–Trinajstić information content (AvgIpc) is 2.43. The average molecular weight is 247 g/mol. The van der Waals surface area contributed by atoms with Crippen LogP contribution in [0.25, 0.3) is 0 Å². The van der Waals surface area contributed by atoms with Crippen molar-refractivity contribution in [3.05, 3.63) is 35.4 Å². The van der Waals surface area contributed by atoms with Crippen LogP contribution < -0.4 is 11.3 Å². The minimum absolute atomic E-state index is 0.303. The molecular formula is C14H21N3O. The maximum absolute atomic E-state index is 5.62. The number of rotatable bonds is 4. The van der Waals surface area contributed by atoms with Crippen LogP contribution >= 0.6 is 0 Å². The fourth-order valence-electron chi connectivity index (χ4n) is 2.55. The Morgan fingerprint density at radius 3 is 3.11 bits per heavy atom. The minimum Gasteiger partial charge on any atom is -0.383 e. The molecule has 1 atom stereocenters. The van der Waals surface area contributed by atoms with Crippen LogP contribution in [0.3, 0.4) is 0 Å². The molecule has 2 rings (SSSR count). The molecule has 1 aliphatic rings. The van der Waals surface area contributed by atoms with Gasteiger partial charge in [0.2, 0.25) is 0 Å². The van der Waals surface area contributed by atoms with E-state index in [-0.39, 0.29) is 0 Å². The molecule has 0 heterocycles. The molecule has 1 aromatic carbocycles. The molecule has 0 saturated heterocycles. The lowest BCUT2D eigenvalue weighted by Crippen LogP contribution is -2.37. The Labute approximate surface area is 108 Å². The lowest BCUT2D eigenvalue weighted by molar-refractivity contribution is 0.208. The van der Waals surface area contributed by atoms with Crippen LogP contribution in [0.5, 0.6) is 0 Å². The van der Waals surface area contributed by atoms with Gasteiger partial charge in [0.25, 0.3) is 0 Å². The second kappa shape index (κ2) is 6.52. The lowest BCUT2D eigenvalue weighted by Gasteiger charge is -2.26. The van der Waals surface area contributed by atoms with Crippen LogP contribution in [0, 0.1) is 0 Å². The first kappa shape index (κ1) is 13.1. The molecule has 0 radical (unpaired) electrons. The van der Waals surface area contributed by atoms with Crippen molar-refractivity contribution in [2.24, 2.45) is 10.8 Å². The predicted molar refractivity (Wildman–Crippen MR) is 73.6 cm³/mol. The number of fused-ring (bicyclic) bond motifs is 1. The first-order chi connectivity index (χ1) is 8.86. The Morgan fingerprint density at radius 1 is 1.50 bits per heavy atom. The summed E-state index contributed by atoms with van der Waals surface area (Å²) < 4.78 is 5.02. The number of nitrogens with one attached hydrogen (secondary N) is 1. The number of aliphatic imine (C=N–C) groups is 1. The molecule has 0 amide bonds. The fraction of sp³-hybridized carbons (Fsp3) is 0.500. The first-order valence-electron chi connectivity index (χ1n) is 6.44. The van der Waals surface area contributed by atoms with Crippen molar-refractivity contribution in [2.75, 3.05) is 20.3 Å². The van der Waals surface area contributed by atoms with Gasteiger partial charge in [0, 0.05) is 13.0 Å². The van der Waals surface area contributed by atoms with E-state index in [0.29, 0.717) is 19.1 Å². The third-order valence-corrected chi connectivity index (χ3v) is 3.42. The Hall–Kier alpha value is -1.39. The maximum Gasteiger partial charge on any atom is 0.118 e. The van der Waals surface area contributed by atoms with Crippen molar-refractivity contribution in [1.82, 2.24) is 5.43 Å². The van der Waals surface area contributed by atoms with Crippen molar-refractivity contribution in [3.8, 4) is 0 Å². The maximum atomic E-state index is 5.62. The molecule has 1 unspecified atom stereocenters. The van der Waals surface area contributed by atoms with Crippen molar-refractivity contribution >= 4 is 5.84 Å². The normalized spacial score (nSPS) is 19.4. The summed E-state index contributed by atoms with van der Waals surface area (Å²) in [5.41, 5.74) is 5.54. The summed E-state index contributed by atoms with van der Waals surface area (Å²) in [6.07, 6.45) is 3.45. The molecule has 4 heteroatoms. The third kappa shape index (κ3) is 2.89. The molecule has 1 aliphatic carbocycles. The molecular weight excluding hydrogens is 226 g/mol. The molecule has 18 heavy (non-hydrogen) atoms. The molecule has 0 saturated carbocycles. The van der Waals surface area contributed by atoms with E-state index >= 15 is 0 Å². The van der Waals surface area contributed by atoms with Gasteiger partial charge < -0.3 is 10.2 Å². The van der Waals surface area contributed by atoms with Gasteiger partial charge in [-0.2, -0.15) is 0 Å². The van der Waals surface area contributed by atoms with E-state index in [9.17, 15) is 0 Å². The van der Waals surface area contributed by atoms with E-state index in [2.05, 4.69) is 34.7 Å². The van der Waals surface area contributed by atoms with Crippen LogP contribution in [0.1, 0.15) is 29.9 Å². The number of nitrogens with zero attached hydrogens (tertiary/aromatic N) is 1. The van der Waals surface area contributed by atoms with Crippen LogP contribution in [-0.2, 0) is 11.2 Å². The standard InChI is InChI=1S/C14H21N3O/c1-18-10-9-16-14(17-15)13-8-4-6-11-5-2-3-7-12(11)13/h2-3,5,7,13H,4,6,8-10,15H2,1H3,(H,16,17). The van der Waals surface area contributed by atoms with Gasteiger partial charge >= 0.3 is 0 Å². The number of nitrogens with two attached hydrogens (primary N) is 1. The van der Waals surface area contributed by atoms with E-state index in [0.717, 1.165) is 18.7 Å². The quantitative estimate of drug-likeness (QED) is 0.279. The van der Waals surface area contributed by atoms with E-state index in [1.165, 1.54) is 17.5 Å². The Kier molecular flexibility index (Phi) is 4.73. The Bertz CT molecular complexity index is 417. The first-order valence-corrected chi connectivity index (χ1v) is 6.44. The molecule has 0 aliphatic heterocycles. The number of hydrogen-bond acceptors (Lipinski definition) is 3. The zero-order valence-corrected chi connectivity index (χ0v) is 10.9. The zero-order valence-electron chi connectivity index (χ0n) is 10.9. The number of benzene rings is 1. The summed E-state index contributed by atoms with van der Waals surface area (Å²) in [6.45, 7) is 1.27. The van der Waals surface area contributed by atoms with Gasteiger partial charge in [-0.05, 0) is 30.4 Å². The van der Waals surface area contributed by atoms with Gasteiger partial charge in [-0.25, -0.2) is 5.84 Å². The molecule has 0 spiro atoms. The zero-order chi connectivity index (χ0) is 12.8. The number of ether oxygens (including phenoxy) is 1. The largest absolute Gasteiger partial charge is 0.383 e. The number of aryl methyl sites for hydroxylation is 1. The molecule has 0 bridgehead atoms. The highest BCUT2D eigenvalue weighted by molar-refractivity contribution is 5.89. The van der Waals surface area contributed by atoms with Crippen LogP contribution in [0.2, 0.25) is 0 Å². The predicted octanol–water partition coefficient (Wildman–Crippen LogP) is 1.61. The van der Waals surface area contributed by atoms with E-state index in [1.54, 1.807) is 7.11 Å². The van der Waals surface area contributed by atoms with Gasteiger partial charge in [0.05, 0.1) is 13.2 Å². The van der Waals surface area contributed by atoms with Crippen LogP contribution in [-0.4, -0.2) is 26.1 Å². The molecule has 3 N–H and O–H groups in total. The summed E-state index contributed by atoms with van der Waals surface area (Å²) in [5.74, 6) is 6.80. The van der Waals surface area contributed by atoms with Crippen molar-refractivity contribution in [1.29, 1.82) is 0 Å². The summed E-state index contributed by atoms with van der Waals surface area (Å²) in [6, 6.07) is 8.56. The van der Waals surface area contributed by atoms with Gasteiger partial charge in [-0.1, -0.05) is 24.3 Å². The molecule has 4 nitrogen and oxygen atoms in total. The van der Waals surface area contributed by atoms with Crippen molar-refractivity contribution < 1.29 is 4.74 Å². The van der Waals surface area contributed by atoms with Crippen molar-refractivity contribution in [3.63, 3.8) is 0 Å². The summed E-state index contributed by atoms with van der Waals surface area (Å²) in [7, 11) is 1.68. The van der Waals surface area contributed by atoms with Gasteiger partial charge in [0.15, 0.2) is 0 Å². The third-order valence-electron chi connectivity index (χ3n) is 3.42. The minimum atomic E-state index is 0.303. The van der Waals surface area contributed by atoms with Crippen molar-refractivity contribution in [2.45, 2.75) is 25.2 Å². The topological polar surface area (TPSA) is 59.6 Å². The van der Waals surface area contributed by atoms with Gasteiger partial charge in [0.1, 0.15) is 5.84 Å². The highest BCUT2D eigenvalue weighted by atomic mass is 16.5. The monoisotopic (exact) mass is 247 g/mol.